The molecule has 0 radical (unpaired) electrons. The molecule has 1 atom stereocenters. The summed E-state index contributed by atoms with van der Waals surface area (Å²) in [6.07, 6.45) is 6.84. The number of nitrogens with one attached hydrogen (secondary N) is 1. The largest absolute Gasteiger partial charge is 0.352 e. The highest BCUT2D eigenvalue weighted by molar-refractivity contribution is 9.10. The van der Waals surface area contributed by atoms with Gasteiger partial charge in [-0.15, -0.1) is 0 Å². The van der Waals surface area contributed by atoms with E-state index in [2.05, 4.69) is 21.2 Å². The molecule has 3 aromatic carbocycles. The Kier molecular flexibility index (Phi) is 11.8. The van der Waals surface area contributed by atoms with E-state index in [0.29, 0.717) is 12.1 Å². The third-order valence-electron chi connectivity index (χ3n) is 7.73. The van der Waals surface area contributed by atoms with E-state index in [1.54, 1.807) is 4.90 Å². The Labute approximate surface area is 262 Å². The van der Waals surface area contributed by atoms with E-state index in [4.69, 9.17) is 0 Å². The molecule has 1 aliphatic rings. The van der Waals surface area contributed by atoms with Crippen molar-refractivity contribution in [2.45, 2.75) is 70.0 Å². The quantitative estimate of drug-likeness (QED) is 0.234. The molecular weight excluding hydrogens is 633 g/mol. The first-order chi connectivity index (χ1) is 20.6. The summed E-state index contributed by atoms with van der Waals surface area (Å²) in [5, 5.41) is 3.23. The summed E-state index contributed by atoms with van der Waals surface area (Å²) in [5.41, 5.74) is 2.14. The monoisotopic (exact) mass is 671 g/mol. The Morgan fingerprint density at radius 2 is 1.63 bits per heavy atom. The second-order valence-electron chi connectivity index (χ2n) is 11.1. The minimum atomic E-state index is -3.67. The van der Waals surface area contributed by atoms with Crippen LogP contribution in [0.5, 0.6) is 0 Å². The van der Waals surface area contributed by atoms with Crippen LogP contribution in [0, 0.1) is 5.82 Å². The van der Waals surface area contributed by atoms with Crippen LogP contribution in [-0.4, -0.2) is 50.0 Å². The number of carbonyl (C=O) groups is 2. The highest BCUT2D eigenvalue weighted by atomic mass is 79.9. The second kappa shape index (κ2) is 15.5. The average Bonchev–Trinajstić information content (AvgIpc) is 2.98. The van der Waals surface area contributed by atoms with E-state index in [0.717, 1.165) is 54.0 Å². The maximum absolute atomic E-state index is 14.0. The van der Waals surface area contributed by atoms with Crippen LogP contribution in [0.25, 0.3) is 0 Å². The summed E-state index contributed by atoms with van der Waals surface area (Å²) in [7, 11) is -3.67. The van der Waals surface area contributed by atoms with Crippen molar-refractivity contribution in [2.75, 3.05) is 17.1 Å². The van der Waals surface area contributed by atoms with Gasteiger partial charge in [0.15, 0.2) is 0 Å². The van der Waals surface area contributed by atoms with Crippen LogP contribution in [0.15, 0.2) is 83.3 Å². The number of carbonyl (C=O) groups excluding carboxylic acids is 2. The molecule has 2 amide bonds. The Morgan fingerprint density at radius 1 is 0.953 bits per heavy atom. The fraction of sp³-hybridized carbons (Fsp3) is 0.394. The van der Waals surface area contributed by atoms with Crippen molar-refractivity contribution >= 4 is 43.5 Å². The molecule has 0 saturated heterocycles. The molecule has 0 bridgehead atoms. The minimum absolute atomic E-state index is 0.0310. The molecule has 1 fully saturated rings. The van der Waals surface area contributed by atoms with E-state index < -0.39 is 21.9 Å². The maximum Gasteiger partial charge on any atom is 0.243 e. The van der Waals surface area contributed by atoms with Crippen LogP contribution in [0.1, 0.15) is 56.1 Å². The smallest absolute Gasteiger partial charge is 0.243 e. The zero-order valence-corrected chi connectivity index (χ0v) is 26.8. The Hall–Kier alpha value is -3.24. The van der Waals surface area contributed by atoms with Crippen molar-refractivity contribution in [1.29, 1.82) is 0 Å². The van der Waals surface area contributed by atoms with Crippen LogP contribution in [-0.2, 0) is 32.6 Å². The molecule has 0 heterocycles. The molecule has 4 rings (SSSR count). The van der Waals surface area contributed by atoms with Crippen molar-refractivity contribution in [3.05, 3.63) is 100 Å². The Bertz CT molecular complexity index is 1460. The first kappa shape index (κ1) is 32.7. The van der Waals surface area contributed by atoms with Crippen LogP contribution < -0.4 is 9.62 Å². The SMILES string of the molecule is CS(=O)(=O)N(CCCC(=O)N(Cc1cccc(Br)c1)C(Cc1ccccc1)C(=O)NC1CCCCC1)c1ccc(F)cc1. The number of hydrogen-bond acceptors (Lipinski definition) is 4. The predicted molar refractivity (Wildman–Crippen MR) is 171 cm³/mol. The highest BCUT2D eigenvalue weighted by Gasteiger charge is 2.32. The summed E-state index contributed by atoms with van der Waals surface area (Å²) in [5.74, 6) is -0.887. The summed E-state index contributed by atoms with van der Waals surface area (Å²) < 4.78 is 40.7. The zero-order valence-electron chi connectivity index (χ0n) is 24.4. The van der Waals surface area contributed by atoms with E-state index in [-0.39, 0.29) is 43.8 Å². The number of halogens is 2. The standard InChI is InChI=1S/C33H39BrFN3O4S/c1-43(41,42)38(30-19-17-28(35)18-20-30)21-9-16-32(39)37(24-26-12-8-13-27(34)22-26)31(23-25-10-4-2-5-11-25)33(40)36-29-14-6-3-7-15-29/h2,4-5,8,10-13,17-20,22,29,31H,3,6-7,9,14-16,21,23-24H2,1H3,(H,36,40). The lowest BCUT2D eigenvalue weighted by molar-refractivity contribution is -0.141. The minimum Gasteiger partial charge on any atom is -0.352 e. The normalized spacial score (nSPS) is 14.6. The van der Waals surface area contributed by atoms with Gasteiger partial charge in [0.2, 0.25) is 21.8 Å². The summed E-state index contributed by atoms with van der Waals surface area (Å²) >= 11 is 3.51. The molecule has 0 spiro atoms. The molecule has 1 saturated carbocycles. The van der Waals surface area contributed by atoms with Gasteiger partial charge < -0.3 is 10.2 Å². The fourth-order valence-corrected chi connectivity index (χ4v) is 6.95. The van der Waals surface area contributed by atoms with Gasteiger partial charge in [-0.3, -0.25) is 13.9 Å². The number of anilines is 1. The van der Waals surface area contributed by atoms with Gasteiger partial charge >= 0.3 is 0 Å². The van der Waals surface area contributed by atoms with E-state index in [1.165, 1.54) is 28.6 Å². The van der Waals surface area contributed by atoms with Crippen molar-refractivity contribution in [3.63, 3.8) is 0 Å². The highest BCUT2D eigenvalue weighted by Crippen LogP contribution is 2.23. The molecule has 1 aliphatic carbocycles. The number of benzene rings is 3. The van der Waals surface area contributed by atoms with Gasteiger partial charge in [0.1, 0.15) is 11.9 Å². The van der Waals surface area contributed by atoms with Crippen molar-refractivity contribution in [3.8, 4) is 0 Å². The molecule has 10 heteroatoms. The summed E-state index contributed by atoms with van der Waals surface area (Å²) in [4.78, 5) is 29.5. The number of sulfonamides is 1. The van der Waals surface area contributed by atoms with Gasteiger partial charge in [-0.25, -0.2) is 12.8 Å². The lowest BCUT2D eigenvalue weighted by atomic mass is 9.94. The van der Waals surface area contributed by atoms with Gasteiger partial charge in [-0.05, 0) is 66.8 Å². The number of nitrogens with zero attached hydrogens (tertiary/aromatic N) is 2. The Morgan fingerprint density at radius 3 is 2.28 bits per heavy atom. The predicted octanol–water partition coefficient (Wildman–Crippen LogP) is 6.22. The average molecular weight is 673 g/mol. The lowest BCUT2D eigenvalue weighted by Crippen LogP contribution is -2.52. The van der Waals surface area contributed by atoms with Crippen molar-refractivity contribution < 1.29 is 22.4 Å². The Balaban J connectivity index is 1.58. The molecule has 43 heavy (non-hydrogen) atoms. The number of hydrogen-bond donors (Lipinski definition) is 1. The molecule has 1 unspecified atom stereocenters. The second-order valence-corrected chi connectivity index (χ2v) is 13.9. The van der Waals surface area contributed by atoms with Gasteiger partial charge in [0, 0.05) is 36.4 Å². The first-order valence-electron chi connectivity index (χ1n) is 14.7. The van der Waals surface area contributed by atoms with E-state index in [1.807, 2.05) is 54.6 Å². The molecule has 7 nitrogen and oxygen atoms in total. The number of amides is 2. The fourth-order valence-electron chi connectivity index (χ4n) is 5.54. The van der Waals surface area contributed by atoms with Gasteiger partial charge in [-0.1, -0.05) is 77.7 Å². The zero-order chi connectivity index (χ0) is 30.8. The lowest BCUT2D eigenvalue weighted by Gasteiger charge is -2.34. The maximum atomic E-state index is 14.0. The first-order valence-corrected chi connectivity index (χ1v) is 17.4. The van der Waals surface area contributed by atoms with Crippen LogP contribution in [0.2, 0.25) is 0 Å². The summed E-state index contributed by atoms with van der Waals surface area (Å²) in [6.45, 7) is 0.264. The topological polar surface area (TPSA) is 86.8 Å². The summed E-state index contributed by atoms with van der Waals surface area (Å²) in [6, 6.07) is 21.9. The van der Waals surface area contributed by atoms with Crippen molar-refractivity contribution in [2.24, 2.45) is 0 Å². The molecule has 1 N–H and O–H groups in total. The van der Waals surface area contributed by atoms with E-state index in [9.17, 15) is 22.4 Å². The third-order valence-corrected chi connectivity index (χ3v) is 9.42. The third kappa shape index (κ3) is 9.89. The van der Waals surface area contributed by atoms with Gasteiger partial charge in [0.05, 0.1) is 11.9 Å². The molecule has 0 aromatic heterocycles. The molecule has 230 valence electrons. The number of rotatable bonds is 13. The van der Waals surface area contributed by atoms with Crippen LogP contribution in [0.3, 0.4) is 0 Å². The molecule has 0 aliphatic heterocycles. The van der Waals surface area contributed by atoms with Gasteiger partial charge in [0.25, 0.3) is 0 Å². The van der Waals surface area contributed by atoms with Crippen LogP contribution >= 0.6 is 15.9 Å². The van der Waals surface area contributed by atoms with E-state index >= 15 is 0 Å². The van der Waals surface area contributed by atoms with Crippen LogP contribution in [0.4, 0.5) is 10.1 Å². The van der Waals surface area contributed by atoms with Crippen molar-refractivity contribution in [1.82, 2.24) is 10.2 Å². The van der Waals surface area contributed by atoms with Gasteiger partial charge in [-0.2, -0.15) is 0 Å². The molecule has 3 aromatic rings. The molecular formula is C33H39BrFN3O4S.